The lowest BCUT2D eigenvalue weighted by atomic mass is 10.4. The van der Waals surface area contributed by atoms with Gasteiger partial charge in [0.05, 0.1) is 5.75 Å². The van der Waals surface area contributed by atoms with Crippen molar-refractivity contribution in [3.05, 3.63) is 18.0 Å². The molecule has 0 unspecified atom stereocenters. The van der Waals surface area contributed by atoms with Gasteiger partial charge >= 0.3 is 6.18 Å². The Hall–Kier alpha value is -1.42. The van der Waals surface area contributed by atoms with Crippen LogP contribution >= 0.6 is 0 Å². The van der Waals surface area contributed by atoms with Crippen molar-refractivity contribution in [3.63, 3.8) is 0 Å². The van der Waals surface area contributed by atoms with Crippen molar-refractivity contribution in [3.8, 4) is 0 Å². The maximum absolute atomic E-state index is 12.3. The molecular weight excluding hydrogens is 273 g/mol. The molecule has 1 aromatic rings. The molecule has 0 saturated heterocycles. The van der Waals surface area contributed by atoms with Gasteiger partial charge in [0.2, 0.25) is 16.0 Å². The fraction of sp³-hybridized carbons (Fsp3) is 0.500. The van der Waals surface area contributed by atoms with Gasteiger partial charge in [0, 0.05) is 12.7 Å². The highest BCUT2D eigenvalue weighted by Crippen LogP contribution is 2.27. The Balaban J connectivity index is 2.64. The van der Waals surface area contributed by atoms with E-state index in [0.29, 0.717) is 0 Å². The van der Waals surface area contributed by atoms with E-state index in [4.69, 9.17) is 0 Å². The third-order valence-electron chi connectivity index (χ3n) is 1.91. The summed E-state index contributed by atoms with van der Waals surface area (Å²) >= 11 is 0. The molecule has 0 bridgehead atoms. The van der Waals surface area contributed by atoms with Crippen LogP contribution in [0, 0.1) is 0 Å². The summed E-state index contributed by atoms with van der Waals surface area (Å²) in [6.07, 6.45) is -3.61. The van der Waals surface area contributed by atoms with Crippen molar-refractivity contribution in [2.24, 2.45) is 0 Å². The zero-order valence-electron chi connectivity index (χ0n) is 9.32. The molecule has 0 aliphatic heterocycles. The number of hydrogen-bond acceptors (Lipinski definition) is 5. The van der Waals surface area contributed by atoms with Crippen LogP contribution in [-0.2, 0) is 16.2 Å². The minimum atomic E-state index is -4.56. The highest BCUT2D eigenvalue weighted by Gasteiger charge is 2.32. The molecule has 0 radical (unpaired) electrons. The second kappa shape index (κ2) is 5.48. The average molecular weight is 284 g/mol. The fourth-order valence-corrected chi connectivity index (χ4v) is 1.58. The summed E-state index contributed by atoms with van der Waals surface area (Å²) in [7, 11) is -2.17. The number of nitrogens with one attached hydrogen (secondary N) is 2. The Morgan fingerprint density at radius 2 is 2.06 bits per heavy atom. The molecule has 0 aliphatic rings. The van der Waals surface area contributed by atoms with E-state index in [0.717, 1.165) is 12.3 Å². The van der Waals surface area contributed by atoms with E-state index in [-0.39, 0.29) is 18.2 Å². The van der Waals surface area contributed by atoms with Crippen LogP contribution in [0.15, 0.2) is 12.3 Å². The standard InChI is InChI=1S/C8H11F3N4O2S/c1-12-18(16,17)5-4-14-7-13-3-2-6(15-7)8(9,10)11/h2-3,12H,4-5H2,1H3,(H,13,14,15). The lowest BCUT2D eigenvalue weighted by Crippen LogP contribution is -2.26. The summed E-state index contributed by atoms with van der Waals surface area (Å²) in [4.78, 5) is 6.79. The van der Waals surface area contributed by atoms with Crippen LogP contribution in [0.1, 0.15) is 5.69 Å². The summed E-state index contributed by atoms with van der Waals surface area (Å²) in [6, 6.07) is 0.732. The molecule has 18 heavy (non-hydrogen) atoms. The van der Waals surface area contributed by atoms with Gasteiger partial charge in [-0.1, -0.05) is 0 Å². The SMILES string of the molecule is CNS(=O)(=O)CCNc1nccc(C(F)(F)F)n1. The molecule has 0 fully saturated rings. The Morgan fingerprint density at radius 1 is 1.39 bits per heavy atom. The molecule has 0 atom stereocenters. The molecule has 2 N–H and O–H groups in total. The van der Waals surface area contributed by atoms with Crippen molar-refractivity contribution in [2.45, 2.75) is 6.18 Å². The van der Waals surface area contributed by atoms with E-state index in [1.54, 1.807) is 0 Å². The van der Waals surface area contributed by atoms with Gasteiger partial charge in [-0.15, -0.1) is 0 Å². The molecule has 1 rings (SSSR count). The van der Waals surface area contributed by atoms with Gasteiger partial charge in [0.15, 0.2) is 0 Å². The van der Waals surface area contributed by atoms with E-state index < -0.39 is 21.9 Å². The van der Waals surface area contributed by atoms with Gasteiger partial charge in [-0.25, -0.2) is 23.1 Å². The van der Waals surface area contributed by atoms with Crippen LogP contribution in [0.3, 0.4) is 0 Å². The first-order valence-electron chi connectivity index (χ1n) is 4.80. The first-order valence-corrected chi connectivity index (χ1v) is 6.45. The quantitative estimate of drug-likeness (QED) is 0.820. The minimum absolute atomic E-state index is 0.0928. The zero-order chi connectivity index (χ0) is 13.8. The second-order valence-corrected chi connectivity index (χ2v) is 5.26. The van der Waals surface area contributed by atoms with E-state index in [1.807, 2.05) is 0 Å². The maximum atomic E-state index is 12.3. The van der Waals surface area contributed by atoms with Crippen LogP contribution in [0.4, 0.5) is 19.1 Å². The summed E-state index contributed by atoms with van der Waals surface area (Å²) in [5, 5.41) is 2.41. The number of aromatic nitrogens is 2. The summed E-state index contributed by atoms with van der Waals surface area (Å²) in [5.41, 5.74) is -1.09. The molecule has 102 valence electrons. The summed E-state index contributed by atoms with van der Waals surface area (Å²) in [5.74, 6) is -0.556. The molecule has 0 amide bonds. The summed E-state index contributed by atoms with van der Waals surface area (Å²) < 4.78 is 61.1. The molecular formula is C8H11F3N4O2S. The van der Waals surface area contributed by atoms with Gasteiger partial charge in [0.25, 0.3) is 0 Å². The molecule has 0 spiro atoms. The van der Waals surface area contributed by atoms with Crippen molar-refractivity contribution >= 4 is 16.0 Å². The molecule has 1 heterocycles. The predicted molar refractivity (Wildman–Crippen MR) is 58.4 cm³/mol. The minimum Gasteiger partial charge on any atom is -0.353 e. The highest BCUT2D eigenvalue weighted by atomic mass is 32.2. The molecule has 10 heteroatoms. The van der Waals surface area contributed by atoms with Crippen LogP contribution in [0.5, 0.6) is 0 Å². The number of halogens is 3. The Bertz CT molecular complexity index is 503. The fourth-order valence-electron chi connectivity index (χ4n) is 1.00. The van der Waals surface area contributed by atoms with Crippen molar-refractivity contribution in [2.75, 3.05) is 24.7 Å². The Morgan fingerprint density at radius 3 is 2.61 bits per heavy atom. The van der Waals surface area contributed by atoms with E-state index in [9.17, 15) is 21.6 Å². The van der Waals surface area contributed by atoms with E-state index >= 15 is 0 Å². The number of sulfonamides is 1. The van der Waals surface area contributed by atoms with Gasteiger partial charge < -0.3 is 5.32 Å². The largest absolute Gasteiger partial charge is 0.433 e. The van der Waals surface area contributed by atoms with Crippen LogP contribution in [0.2, 0.25) is 0 Å². The number of nitrogens with zero attached hydrogens (tertiary/aromatic N) is 2. The number of anilines is 1. The third kappa shape index (κ3) is 4.45. The van der Waals surface area contributed by atoms with Crippen molar-refractivity contribution in [1.29, 1.82) is 0 Å². The normalized spacial score (nSPS) is 12.4. The lowest BCUT2D eigenvalue weighted by molar-refractivity contribution is -0.141. The molecule has 6 nitrogen and oxygen atoms in total. The number of hydrogen-bond donors (Lipinski definition) is 2. The lowest BCUT2D eigenvalue weighted by Gasteiger charge is -2.08. The van der Waals surface area contributed by atoms with Crippen molar-refractivity contribution < 1.29 is 21.6 Å². The van der Waals surface area contributed by atoms with E-state index in [1.165, 1.54) is 7.05 Å². The smallest absolute Gasteiger partial charge is 0.353 e. The van der Waals surface area contributed by atoms with Gasteiger partial charge in [-0.3, -0.25) is 0 Å². The maximum Gasteiger partial charge on any atom is 0.433 e. The molecule has 1 aromatic heterocycles. The average Bonchev–Trinajstić information content (AvgIpc) is 2.28. The number of alkyl halides is 3. The Kier molecular flexibility index (Phi) is 4.46. The zero-order valence-corrected chi connectivity index (χ0v) is 10.1. The first kappa shape index (κ1) is 14.6. The van der Waals surface area contributed by atoms with Gasteiger partial charge in [0.1, 0.15) is 5.69 Å². The van der Waals surface area contributed by atoms with Crippen molar-refractivity contribution in [1.82, 2.24) is 14.7 Å². The molecule has 0 saturated carbocycles. The second-order valence-electron chi connectivity index (χ2n) is 3.21. The third-order valence-corrected chi connectivity index (χ3v) is 3.27. The van der Waals surface area contributed by atoms with Crippen LogP contribution < -0.4 is 10.0 Å². The number of rotatable bonds is 5. The van der Waals surface area contributed by atoms with Crippen LogP contribution in [-0.4, -0.2) is 37.7 Å². The Labute approximate surface area is 102 Å². The highest BCUT2D eigenvalue weighted by molar-refractivity contribution is 7.89. The topological polar surface area (TPSA) is 84.0 Å². The predicted octanol–water partition coefficient (Wildman–Crippen LogP) is 0.457. The van der Waals surface area contributed by atoms with Crippen LogP contribution in [0.25, 0.3) is 0 Å². The van der Waals surface area contributed by atoms with E-state index in [2.05, 4.69) is 20.0 Å². The monoisotopic (exact) mass is 284 g/mol. The molecule has 0 aromatic carbocycles. The molecule has 0 aliphatic carbocycles. The summed E-state index contributed by atoms with van der Waals surface area (Å²) in [6.45, 7) is -0.0928. The van der Waals surface area contributed by atoms with Gasteiger partial charge in [-0.2, -0.15) is 13.2 Å². The van der Waals surface area contributed by atoms with Gasteiger partial charge in [-0.05, 0) is 13.1 Å². The first-order chi connectivity index (χ1) is 8.24.